The molecular weight excluding hydrogens is 583 g/mol. The van der Waals surface area contributed by atoms with Gasteiger partial charge in [0.1, 0.15) is 5.69 Å². The van der Waals surface area contributed by atoms with E-state index in [0.29, 0.717) is 49.8 Å². The Balaban J connectivity index is 1.64. The zero-order valence-electron chi connectivity index (χ0n) is 26.4. The van der Waals surface area contributed by atoms with Crippen molar-refractivity contribution < 1.29 is 22.4 Å². The van der Waals surface area contributed by atoms with Gasteiger partial charge in [0.25, 0.3) is 0 Å². The number of rotatable bonds is 7. The molecule has 12 heteroatoms. The summed E-state index contributed by atoms with van der Waals surface area (Å²) in [5.74, 6) is 5.96. The molecule has 1 atom stereocenters. The van der Waals surface area contributed by atoms with E-state index in [9.17, 15) is 13.2 Å². The highest BCUT2D eigenvalue weighted by Gasteiger charge is 2.40. The fourth-order valence-electron chi connectivity index (χ4n) is 4.88. The third-order valence-corrected chi connectivity index (χ3v) is 14.9. The lowest BCUT2D eigenvalue weighted by Crippen LogP contribution is -2.46. The summed E-state index contributed by atoms with van der Waals surface area (Å²) in [6, 6.07) is 6.78. The van der Waals surface area contributed by atoms with E-state index in [-0.39, 0.29) is 28.5 Å². The molecule has 2 aliphatic rings. The molecule has 3 heterocycles. The monoisotopic (exact) mass is 627 g/mol. The van der Waals surface area contributed by atoms with Gasteiger partial charge in [-0.25, -0.2) is 13.4 Å². The molecule has 1 unspecified atom stereocenters. The van der Waals surface area contributed by atoms with Crippen LogP contribution in [0.5, 0.6) is 0 Å². The minimum Gasteiger partial charge on any atom is -0.412 e. The molecule has 10 nitrogen and oxygen atoms in total. The van der Waals surface area contributed by atoms with Crippen LogP contribution < -0.4 is 10.6 Å². The third-order valence-electron chi connectivity index (χ3n) is 8.52. The van der Waals surface area contributed by atoms with Crippen LogP contribution in [0.15, 0.2) is 35.4 Å². The van der Waals surface area contributed by atoms with E-state index in [1.165, 1.54) is 7.05 Å². The summed E-state index contributed by atoms with van der Waals surface area (Å²) in [7, 11) is -4.51. The van der Waals surface area contributed by atoms with Crippen molar-refractivity contribution in [1.82, 2.24) is 14.2 Å². The van der Waals surface area contributed by atoms with Gasteiger partial charge in [0, 0.05) is 45.0 Å². The van der Waals surface area contributed by atoms with Crippen LogP contribution >= 0.6 is 0 Å². The van der Waals surface area contributed by atoms with Gasteiger partial charge in [-0.15, -0.1) is 0 Å². The lowest BCUT2D eigenvalue weighted by molar-refractivity contribution is -0.135. The van der Waals surface area contributed by atoms with E-state index < -0.39 is 18.3 Å². The van der Waals surface area contributed by atoms with E-state index in [1.807, 2.05) is 13.0 Å². The summed E-state index contributed by atoms with van der Waals surface area (Å²) in [5.41, 5.74) is 9.36. The van der Waals surface area contributed by atoms with Crippen molar-refractivity contribution in [2.45, 2.75) is 63.2 Å². The number of sulfonamides is 1. The number of carbonyl (C=O) groups excluding carboxylic acids is 1. The summed E-state index contributed by atoms with van der Waals surface area (Å²) in [6.07, 6.45) is 2.65. The molecule has 2 fully saturated rings. The van der Waals surface area contributed by atoms with Gasteiger partial charge in [-0.3, -0.25) is 4.79 Å². The van der Waals surface area contributed by atoms with Crippen LogP contribution in [0.3, 0.4) is 0 Å². The lowest BCUT2D eigenvalue weighted by atomic mass is 10.1. The molecule has 234 valence electrons. The molecule has 0 radical (unpaired) electrons. The molecule has 0 aliphatic carbocycles. The van der Waals surface area contributed by atoms with Crippen LogP contribution in [0.25, 0.3) is 0 Å². The van der Waals surface area contributed by atoms with Gasteiger partial charge < -0.3 is 24.7 Å². The number of hydrogen-bond acceptors (Lipinski definition) is 8. The second kappa shape index (κ2) is 13.0. The number of carbonyl (C=O) groups is 1. The molecule has 1 aromatic carbocycles. The molecular formula is C31H45N5O5SSi. The first-order valence-electron chi connectivity index (χ1n) is 14.7. The number of pyridine rings is 1. The summed E-state index contributed by atoms with van der Waals surface area (Å²) in [4.78, 5) is 21.1. The standard InChI is InChI=1S/C31H45N5O5SSi/c1-23-18-27(32)28(33-20-23)10-8-24-19-26(42(38,39)34(5)22-30(37)35-14-16-40-17-15-35)9-11-29(24)36-13-12-25(21-36)41-43(6,7)31(2,3)4/h9,11,18-20,25H,12-17,21-22,32H2,1-7H3. The van der Waals surface area contributed by atoms with E-state index in [1.54, 1.807) is 29.3 Å². The average Bonchev–Trinajstić information content (AvgIpc) is 3.39. The highest BCUT2D eigenvalue weighted by Crippen LogP contribution is 2.39. The van der Waals surface area contributed by atoms with E-state index in [2.05, 4.69) is 55.6 Å². The highest BCUT2D eigenvalue weighted by molar-refractivity contribution is 7.89. The Hall–Kier alpha value is -2.95. The maximum absolute atomic E-state index is 13.6. The quantitative estimate of drug-likeness (QED) is 0.367. The minimum atomic E-state index is -3.97. The molecule has 2 saturated heterocycles. The van der Waals surface area contributed by atoms with Crippen molar-refractivity contribution in [2.75, 3.05) is 63.6 Å². The maximum atomic E-state index is 13.6. The summed E-state index contributed by atoms with van der Waals surface area (Å²) in [5, 5.41) is 0.100. The Morgan fingerprint density at radius 2 is 1.88 bits per heavy atom. The lowest BCUT2D eigenvalue weighted by Gasteiger charge is -2.38. The molecule has 0 spiro atoms. The van der Waals surface area contributed by atoms with E-state index in [0.717, 1.165) is 28.5 Å². The molecule has 2 aliphatic heterocycles. The van der Waals surface area contributed by atoms with Crippen LogP contribution in [0.4, 0.5) is 11.4 Å². The molecule has 2 N–H and O–H groups in total. The number of likely N-dealkylation sites (N-methyl/N-ethyl adjacent to an activating group) is 1. The smallest absolute Gasteiger partial charge is 0.243 e. The number of anilines is 2. The van der Waals surface area contributed by atoms with Crippen molar-refractivity contribution in [2.24, 2.45) is 0 Å². The van der Waals surface area contributed by atoms with Crippen LogP contribution in [0.1, 0.15) is 44.0 Å². The predicted octanol–water partition coefficient (Wildman–Crippen LogP) is 3.45. The Morgan fingerprint density at radius 1 is 1.19 bits per heavy atom. The Bertz CT molecular complexity index is 1510. The SMILES string of the molecule is Cc1cnc(C#Cc2cc(S(=O)(=O)N(C)CC(=O)N3CCOCC3)ccc2N2CCC(O[Si](C)(C)C(C)(C)C)C2)c(N)c1. The normalized spacial score (nSPS) is 18.1. The number of hydrogen-bond donors (Lipinski definition) is 1. The van der Waals surface area contributed by atoms with Crippen LogP contribution in [-0.4, -0.2) is 95.9 Å². The van der Waals surface area contributed by atoms with Gasteiger partial charge in [0.05, 0.1) is 42.1 Å². The fraction of sp³-hybridized carbons (Fsp3) is 0.548. The topological polar surface area (TPSA) is 118 Å². The van der Waals surface area contributed by atoms with Crippen molar-refractivity contribution in [3.05, 3.63) is 47.3 Å². The van der Waals surface area contributed by atoms with E-state index in [4.69, 9.17) is 14.9 Å². The van der Waals surface area contributed by atoms with Gasteiger partial charge in [0.2, 0.25) is 15.9 Å². The Labute approximate surface area is 257 Å². The molecule has 4 rings (SSSR count). The molecule has 1 amide bonds. The largest absolute Gasteiger partial charge is 0.412 e. The highest BCUT2D eigenvalue weighted by atomic mass is 32.2. The number of nitrogens with zero attached hydrogens (tertiary/aromatic N) is 4. The van der Waals surface area contributed by atoms with Crippen molar-refractivity contribution in [3.8, 4) is 11.8 Å². The number of ether oxygens (including phenoxy) is 1. The zero-order chi connectivity index (χ0) is 31.6. The Morgan fingerprint density at radius 3 is 2.53 bits per heavy atom. The Kier molecular flexibility index (Phi) is 9.93. The number of benzene rings is 1. The van der Waals surface area contributed by atoms with Crippen LogP contribution in [0.2, 0.25) is 18.1 Å². The van der Waals surface area contributed by atoms with Gasteiger partial charge in [0.15, 0.2) is 8.32 Å². The van der Waals surface area contributed by atoms with Gasteiger partial charge in [-0.2, -0.15) is 4.31 Å². The third kappa shape index (κ3) is 7.77. The molecule has 2 aromatic rings. The number of nitrogens with two attached hydrogens (primary N) is 1. The van der Waals surface area contributed by atoms with Gasteiger partial charge >= 0.3 is 0 Å². The predicted molar refractivity (Wildman–Crippen MR) is 172 cm³/mol. The first-order chi connectivity index (χ1) is 20.1. The molecule has 0 saturated carbocycles. The second-order valence-corrected chi connectivity index (χ2v) is 19.7. The van der Waals surface area contributed by atoms with Gasteiger partial charge in [-0.1, -0.05) is 26.7 Å². The van der Waals surface area contributed by atoms with Crippen LogP contribution in [0, 0.1) is 18.8 Å². The van der Waals surface area contributed by atoms with Crippen molar-refractivity contribution in [3.63, 3.8) is 0 Å². The fourth-order valence-corrected chi connectivity index (χ4v) is 7.41. The molecule has 1 aromatic heterocycles. The molecule has 0 bridgehead atoms. The second-order valence-electron chi connectivity index (χ2n) is 12.9. The van der Waals surface area contributed by atoms with Crippen molar-refractivity contribution >= 4 is 35.6 Å². The summed E-state index contributed by atoms with van der Waals surface area (Å²) < 4.78 is 40.3. The van der Waals surface area contributed by atoms with Crippen LogP contribution in [-0.2, 0) is 24.0 Å². The minimum absolute atomic E-state index is 0.0657. The van der Waals surface area contributed by atoms with Gasteiger partial charge in [-0.05, 0) is 67.2 Å². The average molecular weight is 628 g/mol. The number of nitrogen functional groups attached to an aromatic ring is 1. The summed E-state index contributed by atoms with van der Waals surface area (Å²) >= 11 is 0. The maximum Gasteiger partial charge on any atom is 0.243 e. The number of aryl methyl sites for hydroxylation is 1. The zero-order valence-corrected chi connectivity index (χ0v) is 28.3. The molecule has 43 heavy (non-hydrogen) atoms. The van der Waals surface area contributed by atoms with E-state index >= 15 is 0 Å². The number of aromatic nitrogens is 1. The number of morpholine rings is 1. The first kappa shape index (κ1) is 33.0. The van der Waals surface area contributed by atoms with Crippen molar-refractivity contribution in [1.29, 1.82) is 0 Å². The first-order valence-corrected chi connectivity index (χ1v) is 19.1. The summed E-state index contributed by atoms with van der Waals surface area (Å²) in [6.45, 7) is 16.1. The number of amides is 1.